The Kier molecular flexibility index (Phi) is 6.23. The van der Waals surface area contributed by atoms with Crippen molar-refractivity contribution in [3.8, 4) is 6.07 Å². The van der Waals surface area contributed by atoms with Gasteiger partial charge < -0.3 is 4.74 Å². The molecule has 1 heterocycles. The van der Waals surface area contributed by atoms with Crippen LogP contribution in [-0.4, -0.2) is 22.8 Å². The van der Waals surface area contributed by atoms with Crippen LogP contribution >= 0.6 is 11.8 Å². The fourth-order valence-electron chi connectivity index (χ4n) is 1.41. The van der Waals surface area contributed by atoms with Gasteiger partial charge in [0, 0.05) is 6.20 Å². The Morgan fingerprint density at radius 3 is 3.00 bits per heavy atom. The molecule has 0 N–H and O–H groups in total. The summed E-state index contributed by atoms with van der Waals surface area (Å²) in [5.74, 6) is -0.214. The molecule has 4 nitrogen and oxygen atoms in total. The molecular formula is C13H16N2O2S. The van der Waals surface area contributed by atoms with Crippen molar-refractivity contribution in [2.45, 2.75) is 37.0 Å². The van der Waals surface area contributed by atoms with Crippen molar-refractivity contribution in [1.29, 1.82) is 5.26 Å². The summed E-state index contributed by atoms with van der Waals surface area (Å²) in [6.45, 7) is 4.19. The maximum absolute atomic E-state index is 11.8. The lowest BCUT2D eigenvalue weighted by Gasteiger charge is -2.13. The number of hydrogen-bond acceptors (Lipinski definition) is 5. The second kappa shape index (κ2) is 7.72. The van der Waals surface area contributed by atoms with Crippen LogP contribution in [0.2, 0.25) is 0 Å². The number of aromatic nitrogens is 1. The van der Waals surface area contributed by atoms with Crippen LogP contribution in [0.3, 0.4) is 0 Å². The Morgan fingerprint density at radius 2 is 2.39 bits per heavy atom. The van der Waals surface area contributed by atoms with Crippen molar-refractivity contribution in [3.05, 3.63) is 23.9 Å². The molecule has 0 spiro atoms. The number of carbonyl (C=O) groups excluding carboxylic acids is 1. The highest BCUT2D eigenvalue weighted by atomic mass is 32.2. The lowest BCUT2D eigenvalue weighted by atomic mass is 10.2. The first kappa shape index (κ1) is 14.5. The maximum atomic E-state index is 11.8. The third-order valence-electron chi connectivity index (χ3n) is 2.23. The first-order valence-electron chi connectivity index (χ1n) is 5.90. The normalized spacial score (nSPS) is 11.6. The van der Waals surface area contributed by atoms with Crippen molar-refractivity contribution in [3.63, 3.8) is 0 Å². The van der Waals surface area contributed by atoms with Crippen LogP contribution in [0.1, 0.15) is 32.3 Å². The summed E-state index contributed by atoms with van der Waals surface area (Å²) in [5, 5.41) is 9.24. The molecule has 0 aliphatic carbocycles. The molecular weight excluding hydrogens is 248 g/mol. The van der Waals surface area contributed by atoms with Gasteiger partial charge in [0.05, 0.1) is 23.3 Å². The van der Waals surface area contributed by atoms with E-state index in [1.54, 1.807) is 25.3 Å². The monoisotopic (exact) mass is 264 g/mol. The van der Waals surface area contributed by atoms with Crippen molar-refractivity contribution in [2.75, 3.05) is 6.61 Å². The first-order chi connectivity index (χ1) is 8.71. The Bertz CT molecular complexity index is 443. The molecule has 1 unspecified atom stereocenters. The Balaban J connectivity index is 2.76. The molecule has 96 valence electrons. The molecule has 5 heteroatoms. The number of nitrogens with zero attached hydrogens (tertiary/aromatic N) is 2. The van der Waals surface area contributed by atoms with E-state index in [0.29, 0.717) is 17.2 Å². The van der Waals surface area contributed by atoms with Crippen LogP contribution in [-0.2, 0) is 9.53 Å². The molecule has 0 fully saturated rings. The molecule has 0 bridgehead atoms. The van der Waals surface area contributed by atoms with Gasteiger partial charge in [0.2, 0.25) is 0 Å². The Morgan fingerprint density at radius 1 is 1.61 bits per heavy atom. The van der Waals surface area contributed by atoms with Crippen molar-refractivity contribution in [1.82, 2.24) is 4.98 Å². The van der Waals surface area contributed by atoms with E-state index in [1.807, 2.05) is 6.92 Å². The average molecular weight is 264 g/mol. The Hall–Kier alpha value is -1.54. The molecule has 0 saturated heterocycles. The summed E-state index contributed by atoms with van der Waals surface area (Å²) in [7, 11) is 0. The number of hydrogen-bond donors (Lipinski definition) is 0. The summed E-state index contributed by atoms with van der Waals surface area (Å²) in [6, 6.07) is 5.39. The largest absolute Gasteiger partial charge is 0.465 e. The molecule has 1 aromatic rings. The zero-order chi connectivity index (χ0) is 13.4. The van der Waals surface area contributed by atoms with Crippen LogP contribution in [0.25, 0.3) is 0 Å². The van der Waals surface area contributed by atoms with Crippen molar-refractivity contribution < 1.29 is 9.53 Å². The predicted molar refractivity (Wildman–Crippen MR) is 70.1 cm³/mol. The lowest BCUT2D eigenvalue weighted by molar-refractivity contribution is -0.142. The standard InChI is InChI=1S/C13H16N2O2S/c1-3-5-11(13(16)17-4-2)18-12-8-10(9-14)6-7-15-12/h6-8,11H,3-5H2,1-2H3. The average Bonchev–Trinajstić information content (AvgIpc) is 2.39. The third kappa shape index (κ3) is 4.38. The molecule has 0 aromatic carbocycles. The highest BCUT2D eigenvalue weighted by Crippen LogP contribution is 2.26. The van der Waals surface area contributed by atoms with E-state index in [0.717, 1.165) is 12.8 Å². The number of nitriles is 1. The molecule has 1 aromatic heterocycles. The van der Waals surface area contributed by atoms with Gasteiger partial charge in [-0.3, -0.25) is 4.79 Å². The second-order valence-corrected chi connectivity index (χ2v) is 4.86. The number of esters is 1. The highest BCUT2D eigenvalue weighted by molar-refractivity contribution is 8.00. The van der Waals surface area contributed by atoms with Gasteiger partial charge in [0.1, 0.15) is 5.25 Å². The second-order valence-electron chi connectivity index (χ2n) is 3.64. The summed E-state index contributed by atoms with van der Waals surface area (Å²) >= 11 is 1.35. The predicted octanol–water partition coefficient (Wildman–Crippen LogP) is 2.78. The van der Waals surface area contributed by atoms with Crippen LogP contribution in [0.5, 0.6) is 0 Å². The molecule has 0 aliphatic heterocycles. The molecule has 0 amide bonds. The molecule has 1 atom stereocenters. The SMILES string of the molecule is CCCC(Sc1cc(C#N)ccn1)C(=O)OCC. The van der Waals surface area contributed by atoms with E-state index in [1.165, 1.54) is 11.8 Å². The van der Waals surface area contributed by atoms with Gasteiger partial charge in [-0.15, -0.1) is 0 Å². The fourth-order valence-corrected chi connectivity index (χ4v) is 2.54. The van der Waals surface area contributed by atoms with Crippen molar-refractivity contribution in [2.24, 2.45) is 0 Å². The number of carbonyl (C=O) groups is 1. The van der Waals surface area contributed by atoms with Gasteiger partial charge in [-0.25, -0.2) is 4.98 Å². The summed E-state index contributed by atoms with van der Waals surface area (Å²) < 4.78 is 5.03. The number of rotatable bonds is 6. The fraction of sp³-hybridized carbons (Fsp3) is 0.462. The van der Waals surface area contributed by atoms with Crippen LogP contribution in [0.4, 0.5) is 0 Å². The van der Waals surface area contributed by atoms with Crippen LogP contribution in [0, 0.1) is 11.3 Å². The molecule has 0 saturated carbocycles. The summed E-state index contributed by atoms with van der Waals surface area (Å²) in [5.41, 5.74) is 0.548. The minimum atomic E-state index is -0.253. The van der Waals surface area contributed by atoms with E-state index in [-0.39, 0.29) is 11.2 Å². The van der Waals surface area contributed by atoms with E-state index in [4.69, 9.17) is 10.00 Å². The minimum absolute atomic E-state index is 0.214. The quantitative estimate of drug-likeness (QED) is 0.584. The number of ether oxygens (including phenoxy) is 1. The first-order valence-corrected chi connectivity index (χ1v) is 6.78. The topological polar surface area (TPSA) is 63.0 Å². The van der Waals surface area contributed by atoms with Gasteiger partial charge in [-0.2, -0.15) is 5.26 Å². The molecule has 18 heavy (non-hydrogen) atoms. The van der Waals surface area contributed by atoms with Gasteiger partial charge in [-0.05, 0) is 25.5 Å². The maximum Gasteiger partial charge on any atom is 0.319 e. The van der Waals surface area contributed by atoms with E-state index in [2.05, 4.69) is 11.1 Å². The molecule has 1 rings (SSSR count). The third-order valence-corrected chi connectivity index (χ3v) is 3.40. The van der Waals surface area contributed by atoms with Gasteiger partial charge >= 0.3 is 5.97 Å². The summed E-state index contributed by atoms with van der Waals surface area (Å²) in [4.78, 5) is 15.9. The smallest absolute Gasteiger partial charge is 0.319 e. The minimum Gasteiger partial charge on any atom is -0.465 e. The zero-order valence-corrected chi connectivity index (χ0v) is 11.4. The molecule has 0 radical (unpaired) electrons. The number of pyridine rings is 1. The van der Waals surface area contributed by atoms with Gasteiger partial charge in [0.15, 0.2) is 0 Å². The van der Waals surface area contributed by atoms with Gasteiger partial charge in [0.25, 0.3) is 0 Å². The summed E-state index contributed by atoms with van der Waals surface area (Å²) in [6.07, 6.45) is 3.21. The van der Waals surface area contributed by atoms with Gasteiger partial charge in [-0.1, -0.05) is 25.1 Å². The van der Waals surface area contributed by atoms with Crippen LogP contribution < -0.4 is 0 Å². The van der Waals surface area contributed by atoms with Crippen LogP contribution in [0.15, 0.2) is 23.4 Å². The van der Waals surface area contributed by atoms with Crippen molar-refractivity contribution >= 4 is 17.7 Å². The molecule has 0 aliphatic rings. The Labute approximate surface area is 111 Å². The lowest BCUT2D eigenvalue weighted by Crippen LogP contribution is -2.20. The number of thioether (sulfide) groups is 1. The van der Waals surface area contributed by atoms with E-state index < -0.39 is 0 Å². The highest BCUT2D eigenvalue weighted by Gasteiger charge is 2.20. The van der Waals surface area contributed by atoms with E-state index in [9.17, 15) is 4.79 Å². The van der Waals surface area contributed by atoms with E-state index >= 15 is 0 Å². The zero-order valence-electron chi connectivity index (χ0n) is 10.5.